The van der Waals surface area contributed by atoms with E-state index in [-0.39, 0.29) is 11.4 Å². The van der Waals surface area contributed by atoms with Crippen molar-refractivity contribution in [2.75, 3.05) is 6.54 Å². The molecule has 0 radical (unpaired) electrons. The van der Waals surface area contributed by atoms with E-state index in [0.29, 0.717) is 12.5 Å². The molecule has 2 saturated carbocycles. The van der Waals surface area contributed by atoms with Gasteiger partial charge in [-0.3, -0.25) is 4.79 Å². The van der Waals surface area contributed by atoms with Gasteiger partial charge in [0.2, 0.25) is 5.91 Å². The van der Waals surface area contributed by atoms with E-state index in [1.54, 1.807) is 0 Å². The van der Waals surface area contributed by atoms with Crippen LogP contribution < -0.4 is 11.1 Å². The Morgan fingerprint density at radius 1 is 1.28 bits per heavy atom. The summed E-state index contributed by atoms with van der Waals surface area (Å²) in [6.07, 6.45) is 7.98. The van der Waals surface area contributed by atoms with Crippen LogP contribution in [0.1, 0.15) is 58.8 Å². The van der Waals surface area contributed by atoms with E-state index in [1.165, 1.54) is 25.7 Å². The predicted octanol–water partition coefficient (Wildman–Crippen LogP) is 2.45. The number of fused-ring (bicyclic) bond motifs is 2. The van der Waals surface area contributed by atoms with Crippen LogP contribution >= 0.6 is 0 Å². The Balaban J connectivity index is 1.85. The first kappa shape index (κ1) is 13.9. The first-order valence-electron chi connectivity index (χ1n) is 7.63. The number of nitrogens with two attached hydrogens (primary N) is 1. The van der Waals surface area contributed by atoms with Gasteiger partial charge in [-0.15, -0.1) is 0 Å². The summed E-state index contributed by atoms with van der Waals surface area (Å²) >= 11 is 0. The first-order chi connectivity index (χ1) is 8.62. The molecule has 3 heteroatoms. The fourth-order valence-corrected chi connectivity index (χ4v) is 3.98. The highest BCUT2D eigenvalue weighted by molar-refractivity contribution is 5.77. The largest absolute Gasteiger partial charge is 0.349 e. The van der Waals surface area contributed by atoms with Crippen LogP contribution in [0.2, 0.25) is 0 Å². The van der Waals surface area contributed by atoms with Crippen LogP contribution in [0.3, 0.4) is 0 Å². The van der Waals surface area contributed by atoms with Gasteiger partial charge in [0.15, 0.2) is 0 Å². The molecule has 0 aliphatic heterocycles. The molecule has 0 aromatic carbocycles. The molecule has 3 atom stereocenters. The Morgan fingerprint density at radius 2 is 2.00 bits per heavy atom. The SMILES string of the molecule is CCC(CC)(CN)NC(=O)CC1CC2CCC1C2. The predicted molar refractivity (Wildman–Crippen MR) is 74.1 cm³/mol. The molecule has 0 heterocycles. The van der Waals surface area contributed by atoms with Gasteiger partial charge in [0, 0.05) is 13.0 Å². The van der Waals surface area contributed by atoms with Gasteiger partial charge in [-0.2, -0.15) is 0 Å². The minimum Gasteiger partial charge on any atom is -0.349 e. The van der Waals surface area contributed by atoms with Crippen molar-refractivity contribution >= 4 is 5.91 Å². The van der Waals surface area contributed by atoms with Crippen LogP contribution in [0.4, 0.5) is 0 Å². The topological polar surface area (TPSA) is 55.1 Å². The number of carbonyl (C=O) groups excluding carboxylic acids is 1. The van der Waals surface area contributed by atoms with Gasteiger partial charge in [-0.1, -0.05) is 20.3 Å². The second-order valence-electron chi connectivity index (χ2n) is 6.38. The number of hydrogen-bond donors (Lipinski definition) is 2. The number of carbonyl (C=O) groups is 1. The maximum absolute atomic E-state index is 12.2. The van der Waals surface area contributed by atoms with E-state index in [2.05, 4.69) is 19.2 Å². The molecule has 1 amide bonds. The third-order valence-electron chi connectivity index (χ3n) is 5.48. The number of amides is 1. The van der Waals surface area contributed by atoms with Crippen molar-refractivity contribution in [1.29, 1.82) is 0 Å². The van der Waals surface area contributed by atoms with E-state index in [0.717, 1.165) is 31.1 Å². The average molecular weight is 252 g/mol. The molecular formula is C15H28N2O. The summed E-state index contributed by atoms with van der Waals surface area (Å²) in [4.78, 5) is 12.2. The van der Waals surface area contributed by atoms with Gasteiger partial charge in [-0.05, 0) is 49.9 Å². The highest BCUT2D eigenvalue weighted by atomic mass is 16.1. The van der Waals surface area contributed by atoms with Gasteiger partial charge in [0.1, 0.15) is 0 Å². The number of nitrogens with one attached hydrogen (secondary N) is 1. The highest BCUT2D eigenvalue weighted by Crippen LogP contribution is 2.49. The van der Waals surface area contributed by atoms with Crippen molar-refractivity contribution in [2.24, 2.45) is 23.5 Å². The molecule has 0 spiro atoms. The van der Waals surface area contributed by atoms with Crippen LogP contribution in [0, 0.1) is 17.8 Å². The maximum Gasteiger partial charge on any atom is 0.220 e. The minimum atomic E-state index is -0.172. The third-order valence-corrected chi connectivity index (χ3v) is 5.48. The molecular weight excluding hydrogens is 224 g/mol. The zero-order valence-electron chi connectivity index (χ0n) is 11.9. The van der Waals surface area contributed by atoms with Crippen LogP contribution in [0.5, 0.6) is 0 Å². The molecule has 2 aliphatic carbocycles. The van der Waals surface area contributed by atoms with Crippen LogP contribution in [0.15, 0.2) is 0 Å². The molecule has 104 valence electrons. The van der Waals surface area contributed by atoms with Crippen molar-refractivity contribution in [1.82, 2.24) is 5.32 Å². The Hall–Kier alpha value is -0.570. The summed E-state index contributed by atoms with van der Waals surface area (Å²) in [6.45, 7) is 4.75. The van der Waals surface area contributed by atoms with Gasteiger partial charge in [0.25, 0.3) is 0 Å². The zero-order valence-corrected chi connectivity index (χ0v) is 11.9. The van der Waals surface area contributed by atoms with Crippen molar-refractivity contribution in [3.63, 3.8) is 0 Å². The summed E-state index contributed by atoms with van der Waals surface area (Å²) in [5.74, 6) is 2.62. The molecule has 2 aliphatic rings. The Kier molecular flexibility index (Phi) is 4.31. The summed E-state index contributed by atoms with van der Waals surface area (Å²) < 4.78 is 0. The van der Waals surface area contributed by atoms with Gasteiger partial charge >= 0.3 is 0 Å². The molecule has 18 heavy (non-hydrogen) atoms. The molecule has 2 fully saturated rings. The quantitative estimate of drug-likeness (QED) is 0.763. The lowest BCUT2D eigenvalue weighted by Gasteiger charge is -2.32. The first-order valence-corrected chi connectivity index (χ1v) is 7.63. The molecule has 0 aromatic heterocycles. The van der Waals surface area contributed by atoms with E-state index < -0.39 is 0 Å². The summed E-state index contributed by atoms with van der Waals surface area (Å²) in [5, 5.41) is 3.20. The highest BCUT2D eigenvalue weighted by Gasteiger charge is 2.40. The molecule has 0 aromatic rings. The summed E-state index contributed by atoms with van der Waals surface area (Å²) in [7, 11) is 0. The van der Waals surface area contributed by atoms with Gasteiger partial charge in [0.05, 0.1) is 5.54 Å². The van der Waals surface area contributed by atoms with E-state index in [9.17, 15) is 4.79 Å². The third kappa shape index (κ3) is 2.71. The zero-order chi connectivity index (χ0) is 13.2. The van der Waals surface area contributed by atoms with Gasteiger partial charge < -0.3 is 11.1 Å². The second-order valence-corrected chi connectivity index (χ2v) is 6.38. The second kappa shape index (κ2) is 5.60. The number of rotatable bonds is 6. The Bertz CT molecular complexity index is 291. The lowest BCUT2D eigenvalue weighted by molar-refractivity contribution is -0.124. The maximum atomic E-state index is 12.2. The van der Waals surface area contributed by atoms with Crippen molar-refractivity contribution in [3.05, 3.63) is 0 Å². The van der Waals surface area contributed by atoms with Crippen LogP contribution in [0.25, 0.3) is 0 Å². The van der Waals surface area contributed by atoms with Crippen molar-refractivity contribution < 1.29 is 4.79 Å². The van der Waals surface area contributed by atoms with E-state index in [1.807, 2.05) is 0 Å². The molecule has 0 saturated heterocycles. The molecule has 3 N–H and O–H groups in total. The summed E-state index contributed by atoms with van der Waals surface area (Å²) in [5.41, 5.74) is 5.66. The van der Waals surface area contributed by atoms with Gasteiger partial charge in [-0.25, -0.2) is 0 Å². The Morgan fingerprint density at radius 3 is 2.44 bits per heavy atom. The van der Waals surface area contributed by atoms with Crippen LogP contribution in [-0.4, -0.2) is 18.0 Å². The van der Waals surface area contributed by atoms with Crippen molar-refractivity contribution in [3.8, 4) is 0 Å². The fourth-order valence-electron chi connectivity index (χ4n) is 3.98. The minimum absolute atomic E-state index is 0.172. The lowest BCUT2D eigenvalue weighted by atomic mass is 9.85. The lowest BCUT2D eigenvalue weighted by Crippen LogP contribution is -2.53. The van der Waals surface area contributed by atoms with E-state index >= 15 is 0 Å². The fraction of sp³-hybridized carbons (Fsp3) is 0.933. The standard InChI is InChI=1S/C15H28N2O/c1-3-15(4-2,10-16)17-14(18)9-13-8-11-5-6-12(13)7-11/h11-13H,3-10,16H2,1-2H3,(H,17,18). The smallest absolute Gasteiger partial charge is 0.220 e. The number of hydrogen-bond acceptors (Lipinski definition) is 2. The van der Waals surface area contributed by atoms with Crippen molar-refractivity contribution in [2.45, 2.75) is 64.3 Å². The summed E-state index contributed by atoms with van der Waals surface area (Å²) in [6, 6.07) is 0. The normalized spacial score (nSPS) is 30.7. The van der Waals surface area contributed by atoms with Crippen LogP contribution in [-0.2, 0) is 4.79 Å². The Labute approximate surface area is 111 Å². The average Bonchev–Trinajstić information content (AvgIpc) is 2.98. The molecule has 3 unspecified atom stereocenters. The molecule has 2 rings (SSSR count). The molecule has 2 bridgehead atoms. The monoisotopic (exact) mass is 252 g/mol. The molecule has 3 nitrogen and oxygen atoms in total. The van der Waals surface area contributed by atoms with E-state index in [4.69, 9.17) is 5.73 Å².